The minimum absolute atomic E-state index is 0.201. The molecule has 5 nitrogen and oxygen atoms in total. The van der Waals surface area contributed by atoms with Crippen molar-refractivity contribution in [1.29, 1.82) is 0 Å². The first-order valence-electron chi connectivity index (χ1n) is 11.2. The molecule has 34 heavy (non-hydrogen) atoms. The van der Waals surface area contributed by atoms with E-state index in [-0.39, 0.29) is 25.0 Å². The average molecular weight is 499 g/mol. The molecule has 7 heteroatoms. The number of rotatable bonds is 11. The average Bonchev–Trinajstić information content (AvgIpc) is 2.85. The summed E-state index contributed by atoms with van der Waals surface area (Å²) in [5.41, 5.74) is 1.79. The van der Waals surface area contributed by atoms with E-state index in [1.165, 1.54) is 0 Å². The Morgan fingerprint density at radius 3 is 2.29 bits per heavy atom. The maximum absolute atomic E-state index is 13.4. The van der Waals surface area contributed by atoms with Gasteiger partial charge in [-0.2, -0.15) is 0 Å². The van der Waals surface area contributed by atoms with E-state index in [1.54, 1.807) is 41.3 Å². The molecule has 3 rings (SSSR count). The van der Waals surface area contributed by atoms with Crippen molar-refractivity contribution in [3.63, 3.8) is 0 Å². The van der Waals surface area contributed by atoms with Crippen LogP contribution in [0.2, 0.25) is 10.0 Å². The molecule has 0 heterocycles. The van der Waals surface area contributed by atoms with E-state index in [4.69, 9.17) is 27.9 Å². The van der Waals surface area contributed by atoms with Gasteiger partial charge >= 0.3 is 0 Å². The van der Waals surface area contributed by atoms with Crippen molar-refractivity contribution in [2.75, 3.05) is 13.2 Å². The second-order valence-electron chi connectivity index (χ2n) is 7.89. The maximum atomic E-state index is 13.4. The molecule has 0 aliphatic rings. The molecule has 0 aliphatic carbocycles. The Bertz CT molecular complexity index is 1070. The van der Waals surface area contributed by atoms with Crippen LogP contribution in [0.1, 0.15) is 24.5 Å². The SMILES string of the molecule is CCCNC(=O)C(Cc1ccccc1)N(Cc1cccc(Cl)c1)C(=O)COc1ccc(Cl)cc1. The van der Waals surface area contributed by atoms with Gasteiger partial charge in [0, 0.05) is 29.6 Å². The highest BCUT2D eigenvalue weighted by Crippen LogP contribution is 2.19. The number of carbonyl (C=O) groups is 2. The molecule has 1 unspecified atom stereocenters. The molecule has 0 fully saturated rings. The smallest absolute Gasteiger partial charge is 0.261 e. The van der Waals surface area contributed by atoms with Crippen molar-refractivity contribution in [1.82, 2.24) is 10.2 Å². The number of halogens is 2. The number of amides is 2. The lowest BCUT2D eigenvalue weighted by Gasteiger charge is -2.31. The zero-order valence-electron chi connectivity index (χ0n) is 19.0. The highest BCUT2D eigenvalue weighted by atomic mass is 35.5. The first-order valence-corrected chi connectivity index (χ1v) is 12.0. The van der Waals surface area contributed by atoms with Crippen LogP contribution in [0.15, 0.2) is 78.9 Å². The largest absolute Gasteiger partial charge is 0.484 e. The van der Waals surface area contributed by atoms with E-state index in [2.05, 4.69) is 5.32 Å². The van der Waals surface area contributed by atoms with Gasteiger partial charge < -0.3 is 15.0 Å². The predicted octanol–water partition coefficient (Wildman–Crippen LogP) is 5.54. The third-order valence-electron chi connectivity index (χ3n) is 5.24. The van der Waals surface area contributed by atoms with Crippen LogP contribution in [-0.4, -0.2) is 35.9 Å². The third-order valence-corrected chi connectivity index (χ3v) is 5.73. The van der Waals surface area contributed by atoms with Gasteiger partial charge in [0.2, 0.25) is 5.91 Å². The van der Waals surface area contributed by atoms with Gasteiger partial charge in [0.05, 0.1) is 0 Å². The molecule has 0 aliphatic heterocycles. The van der Waals surface area contributed by atoms with Gasteiger partial charge in [-0.05, 0) is 53.9 Å². The van der Waals surface area contributed by atoms with Crippen molar-refractivity contribution >= 4 is 35.0 Å². The van der Waals surface area contributed by atoms with Crippen molar-refractivity contribution in [3.8, 4) is 5.75 Å². The quantitative estimate of drug-likeness (QED) is 0.377. The van der Waals surface area contributed by atoms with Gasteiger partial charge in [-0.3, -0.25) is 9.59 Å². The Morgan fingerprint density at radius 2 is 1.62 bits per heavy atom. The summed E-state index contributed by atoms with van der Waals surface area (Å²) in [5.74, 6) is 0.0191. The normalized spacial score (nSPS) is 11.5. The van der Waals surface area contributed by atoms with Crippen LogP contribution in [0, 0.1) is 0 Å². The van der Waals surface area contributed by atoms with Gasteiger partial charge in [0.15, 0.2) is 6.61 Å². The number of carbonyl (C=O) groups excluding carboxylic acids is 2. The van der Waals surface area contributed by atoms with Crippen molar-refractivity contribution in [3.05, 3.63) is 100 Å². The van der Waals surface area contributed by atoms with Crippen LogP contribution in [0.25, 0.3) is 0 Å². The Morgan fingerprint density at radius 1 is 0.912 bits per heavy atom. The Balaban J connectivity index is 1.88. The van der Waals surface area contributed by atoms with Crippen LogP contribution >= 0.6 is 23.2 Å². The summed E-state index contributed by atoms with van der Waals surface area (Å²) in [4.78, 5) is 28.2. The van der Waals surface area contributed by atoms with Crippen LogP contribution in [0.3, 0.4) is 0 Å². The summed E-state index contributed by atoms with van der Waals surface area (Å²) in [6, 6.07) is 23.0. The standard InChI is InChI=1S/C27H28Cl2N2O3/c1-2-15-30-27(33)25(17-20-7-4-3-5-8-20)31(18-21-9-6-10-23(29)16-21)26(32)19-34-24-13-11-22(28)12-14-24/h3-14,16,25H,2,15,17-19H2,1H3,(H,30,33). The summed E-state index contributed by atoms with van der Waals surface area (Å²) in [6.07, 6.45) is 1.18. The van der Waals surface area contributed by atoms with Crippen LogP contribution in [0.5, 0.6) is 5.75 Å². The van der Waals surface area contributed by atoms with Gasteiger partial charge in [-0.25, -0.2) is 0 Å². The number of hydrogen-bond donors (Lipinski definition) is 1. The summed E-state index contributed by atoms with van der Waals surface area (Å²) in [5, 5.41) is 4.10. The van der Waals surface area contributed by atoms with Crippen molar-refractivity contribution < 1.29 is 14.3 Å². The van der Waals surface area contributed by atoms with Gasteiger partial charge in [-0.1, -0.05) is 72.6 Å². The summed E-state index contributed by atoms with van der Waals surface area (Å²) >= 11 is 12.1. The van der Waals surface area contributed by atoms with Crippen molar-refractivity contribution in [2.45, 2.75) is 32.4 Å². The van der Waals surface area contributed by atoms with Crippen LogP contribution < -0.4 is 10.1 Å². The number of nitrogens with one attached hydrogen (secondary N) is 1. The van der Waals surface area contributed by atoms with Crippen molar-refractivity contribution in [2.24, 2.45) is 0 Å². The fourth-order valence-electron chi connectivity index (χ4n) is 3.51. The van der Waals surface area contributed by atoms with Gasteiger partial charge in [0.25, 0.3) is 5.91 Å². The molecule has 1 N–H and O–H groups in total. The molecule has 0 aromatic heterocycles. The lowest BCUT2D eigenvalue weighted by molar-refractivity contribution is -0.142. The molecular formula is C27H28Cl2N2O3. The van der Waals surface area contributed by atoms with E-state index >= 15 is 0 Å². The minimum atomic E-state index is -0.714. The lowest BCUT2D eigenvalue weighted by atomic mass is 10.0. The molecule has 3 aromatic carbocycles. The number of hydrogen-bond acceptors (Lipinski definition) is 3. The fraction of sp³-hybridized carbons (Fsp3) is 0.259. The highest BCUT2D eigenvalue weighted by molar-refractivity contribution is 6.30. The number of ether oxygens (including phenoxy) is 1. The van der Waals surface area contributed by atoms with Gasteiger partial charge in [0.1, 0.15) is 11.8 Å². The fourth-order valence-corrected chi connectivity index (χ4v) is 3.85. The second-order valence-corrected chi connectivity index (χ2v) is 8.76. The first-order chi connectivity index (χ1) is 16.5. The van der Waals surface area contributed by atoms with E-state index in [1.807, 2.05) is 49.4 Å². The number of benzene rings is 3. The van der Waals surface area contributed by atoms with Gasteiger partial charge in [-0.15, -0.1) is 0 Å². The summed E-state index contributed by atoms with van der Waals surface area (Å²) in [7, 11) is 0. The molecule has 0 bridgehead atoms. The zero-order valence-corrected chi connectivity index (χ0v) is 20.6. The third kappa shape index (κ3) is 7.79. The van der Waals surface area contributed by atoms with Crippen LogP contribution in [-0.2, 0) is 22.6 Å². The molecule has 2 amide bonds. The topological polar surface area (TPSA) is 58.6 Å². The lowest BCUT2D eigenvalue weighted by Crippen LogP contribution is -2.51. The molecule has 178 valence electrons. The van der Waals surface area contributed by atoms with E-state index < -0.39 is 6.04 Å². The van der Waals surface area contributed by atoms with E-state index in [9.17, 15) is 9.59 Å². The summed E-state index contributed by atoms with van der Waals surface area (Å²) < 4.78 is 5.72. The van der Waals surface area contributed by atoms with Crippen LogP contribution in [0.4, 0.5) is 0 Å². The first kappa shape index (κ1) is 25.6. The maximum Gasteiger partial charge on any atom is 0.261 e. The Kier molecular flexibility index (Phi) is 9.80. The highest BCUT2D eigenvalue weighted by Gasteiger charge is 2.30. The molecule has 1 atom stereocenters. The molecule has 3 aromatic rings. The predicted molar refractivity (Wildman–Crippen MR) is 136 cm³/mol. The molecule has 0 spiro atoms. The Labute approximate surface area is 210 Å². The molecule has 0 radical (unpaired) electrons. The molecular weight excluding hydrogens is 471 g/mol. The second kappa shape index (κ2) is 13.0. The number of nitrogens with zero attached hydrogens (tertiary/aromatic N) is 1. The zero-order chi connectivity index (χ0) is 24.3. The molecule has 0 saturated carbocycles. The van der Waals surface area contributed by atoms with E-state index in [0.29, 0.717) is 28.8 Å². The monoisotopic (exact) mass is 498 g/mol. The summed E-state index contributed by atoms with van der Waals surface area (Å²) in [6.45, 7) is 2.53. The Hall–Kier alpha value is -3.02. The molecule has 0 saturated heterocycles. The minimum Gasteiger partial charge on any atom is -0.484 e. The van der Waals surface area contributed by atoms with E-state index in [0.717, 1.165) is 17.5 Å².